The Kier molecular flexibility index (Phi) is 8.82. The lowest BCUT2D eigenvalue weighted by Gasteiger charge is -2.24. The number of hydrogen-bond donors (Lipinski definition) is 4. The van der Waals surface area contributed by atoms with Gasteiger partial charge in [0.1, 0.15) is 31.0 Å². The van der Waals surface area contributed by atoms with Gasteiger partial charge in [-0.3, -0.25) is 37.4 Å². The molecule has 42 heavy (non-hydrogen) atoms. The maximum absolute atomic E-state index is 15.9. The summed E-state index contributed by atoms with van der Waals surface area (Å²) in [7, 11) is 0. The fraction of sp³-hybridized carbons (Fsp3) is 0.500. The number of nitrogen functional groups attached to an aromatic ring is 1. The van der Waals surface area contributed by atoms with Gasteiger partial charge in [-0.1, -0.05) is 24.5 Å². The van der Waals surface area contributed by atoms with Gasteiger partial charge in [-0.15, -0.1) is 0 Å². The minimum atomic E-state index is -4.33. The molecule has 1 fully saturated rings. The molecule has 3 aromatic rings. The molecular weight excluding hydrogens is 639 g/mol. The molecule has 0 spiro atoms. The molecule has 0 amide bonds. The van der Waals surface area contributed by atoms with E-state index in [-0.39, 0.29) is 29.5 Å². The van der Waals surface area contributed by atoms with Crippen molar-refractivity contribution >= 4 is 74.1 Å². The van der Waals surface area contributed by atoms with E-state index in [9.17, 15) is 13.9 Å². The van der Waals surface area contributed by atoms with Gasteiger partial charge in [-0.25, -0.2) is 28.5 Å². The van der Waals surface area contributed by atoms with Crippen molar-refractivity contribution in [3.8, 4) is 0 Å². The predicted molar refractivity (Wildman–Crippen MR) is 155 cm³/mol. The molecule has 3 aromatic heterocycles. The predicted octanol–water partition coefficient (Wildman–Crippen LogP) is 2.92. The number of nitrogens with zero attached hydrogens (tertiary/aromatic N) is 7. The number of anilines is 1. The number of halogens is 1. The van der Waals surface area contributed by atoms with Gasteiger partial charge in [0.05, 0.1) is 31.3 Å². The number of nitrogens with one attached hydrogen (secondary N) is 1. The number of aliphatic imine (C=N–C) groups is 2. The van der Waals surface area contributed by atoms with Crippen LogP contribution in [0.25, 0.3) is 11.2 Å². The molecular formula is C20H26FN9O8P2S2. The zero-order valence-corrected chi connectivity index (χ0v) is 25.6. The average Bonchev–Trinajstić information content (AvgIpc) is 3.53. The Morgan fingerprint density at radius 1 is 1.26 bits per heavy atom. The topological polar surface area (TPSA) is 212 Å². The smallest absolute Gasteiger partial charge is 0.369 e. The van der Waals surface area contributed by atoms with Crippen LogP contribution in [0, 0.1) is 6.92 Å². The maximum Gasteiger partial charge on any atom is 0.387 e. The van der Waals surface area contributed by atoms with Crippen molar-refractivity contribution in [1.29, 1.82) is 0 Å². The van der Waals surface area contributed by atoms with Crippen LogP contribution in [0.2, 0.25) is 0 Å². The van der Waals surface area contributed by atoms with Crippen LogP contribution in [-0.4, -0.2) is 73.2 Å². The van der Waals surface area contributed by atoms with Crippen LogP contribution in [0.4, 0.5) is 16.2 Å². The van der Waals surface area contributed by atoms with Gasteiger partial charge in [0.2, 0.25) is 5.95 Å². The van der Waals surface area contributed by atoms with Crippen molar-refractivity contribution in [3.63, 3.8) is 0 Å². The third kappa shape index (κ3) is 6.41. The van der Waals surface area contributed by atoms with Crippen molar-refractivity contribution in [1.82, 2.24) is 29.1 Å². The average molecular weight is 666 g/mol. The highest BCUT2D eigenvalue weighted by atomic mass is 32.7. The molecule has 228 valence electrons. The normalized spacial score (nSPS) is 32.9. The van der Waals surface area contributed by atoms with Gasteiger partial charge >= 0.3 is 13.6 Å². The molecule has 7 atom stereocenters. The van der Waals surface area contributed by atoms with E-state index in [1.165, 1.54) is 10.9 Å². The molecule has 2 aliphatic heterocycles. The molecule has 2 unspecified atom stereocenters. The van der Waals surface area contributed by atoms with Crippen LogP contribution in [-0.2, 0) is 45.1 Å². The van der Waals surface area contributed by atoms with Crippen molar-refractivity contribution < 1.29 is 36.4 Å². The number of alkyl halides is 1. The second-order valence-corrected chi connectivity index (χ2v) is 15.0. The first-order chi connectivity index (χ1) is 19.8. The van der Waals surface area contributed by atoms with Crippen LogP contribution >= 0.6 is 38.1 Å². The molecule has 0 aromatic carbocycles. The van der Waals surface area contributed by atoms with E-state index in [2.05, 4.69) is 61.1 Å². The number of aromatic amines is 1. The van der Waals surface area contributed by atoms with E-state index in [0.29, 0.717) is 11.5 Å². The molecule has 22 heteroatoms. The summed E-state index contributed by atoms with van der Waals surface area (Å²) < 4.78 is 73.0. The Balaban J connectivity index is 1.54. The minimum Gasteiger partial charge on any atom is -0.369 e. The van der Waals surface area contributed by atoms with Crippen molar-refractivity contribution in [2.75, 3.05) is 12.3 Å². The quantitative estimate of drug-likeness (QED) is 0.138. The molecule has 1 saturated heterocycles. The van der Waals surface area contributed by atoms with E-state index in [1.807, 2.05) is 0 Å². The van der Waals surface area contributed by atoms with Crippen LogP contribution in [0.5, 0.6) is 0 Å². The zero-order valence-electron chi connectivity index (χ0n) is 22.0. The monoisotopic (exact) mass is 665 g/mol. The lowest BCUT2D eigenvalue weighted by Crippen LogP contribution is -2.32. The first-order valence-corrected chi connectivity index (χ1v) is 17.6. The largest absolute Gasteiger partial charge is 0.387 e. The van der Waals surface area contributed by atoms with E-state index in [0.717, 1.165) is 6.33 Å². The summed E-state index contributed by atoms with van der Waals surface area (Å²) in [6.07, 6.45) is -4.99. The standard InChI is InChI=1S/C20H26FN9O8P2S2/c1-9-4-29-12(26-10(2)16(29)24-7-23-3)6-35-40(33,42)38-15-13(21)11(5-34-39(32,41)37-9)36-19(15)30-8-25-14-17(30)27-20(22)28-18(14)31/h7-9,11,13,15,19H,3-6H2,1-2H3,(H,32,41)(H,33,42)(H3,22,27,28,31)/b24-7-/t9-,11+,13+,15+,19+,39?,40?/m0/s1. The Morgan fingerprint density at radius 2 is 2.00 bits per heavy atom. The Morgan fingerprint density at radius 3 is 2.74 bits per heavy atom. The van der Waals surface area contributed by atoms with Crippen molar-refractivity contribution in [3.05, 3.63) is 28.2 Å². The van der Waals surface area contributed by atoms with E-state index in [1.54, 1.807) is 18.4 Å². The lowest BCUT2D eigenvalue weighted by atomic mass is 10.1. The number of thiol groups is 2. The summed E-state index contributed by atoms with van der Waals surface area (Å²) in [5.41, 5.74) is 5.30. The highest BCUT2D eigenvalue weighted by molar-refractivity contribution is 8.44. The molecule has 3 N–H and O–H groups in total. The number of hydrogen-bond acceptors (Lipinski definition) is 13. The van der Waals surface area contributed by atoms with Crippen molar-refractivity contribution in [2.24, 2.45) is 9.98 Å². The van der Waals surface area contributed by atoms with Gasteiger partial charge in [0.25, 0.3) is 5.56 Å². The van der Waals surface area contributed by atoms with E-state index >= 15 is 4.39 Å². The number of ether oxygens (including phenoxy) is 1. The second-order valence-electron chi connectivity index (χ2n) is 9.25. The Bertz CT molecular complexity index is 1700. The van der Waals surface area contributed by atoms with Crippen LogP contribution < -0.4 is 11.3 Å². The Hall–Kier alpha value is -2.41. The fourth-order valence-corrected chi connectivity index (χ4v) is 7.48. The van der Waals surface area contributed by atoms with Gasteiger partial charge in [0.15, 0.2) is 29.4 Å². The first kappa shape index (κ1) is 31.0. The summed E-state index contributed by atoms with van der Waals surface area (Å²) in [4.78, 5) is 34.9. The van der Waals surface area contributed by atoms with Gasteiger partial charge in [-0.05, 0) is 20.6 Å². The summed E-state index contributed by atoms with van der Waals surface area (Å²) in [5.74, 6) is 0.325. The van der Waals surface area contributed by atoms with E-state index in [4.69, 9.17) is 28.6 Å². The second kappa shape index (κ2) is 11.9. The number of fused-ring (bicyclic) bond motifs is 4. The highest BCUT2D eigenvalue weighted by Gasteiger charge is 2.51. The van der Waals surface area contributed by atoms with E-state index < -0.39 is 63.1 Å². The lowest BCUT2D eigenvalue weighted by molar-refractivity contribution is -0.0449. The zero-order chi connectivity index (χ0) is 30.4. The van der Waals surface area contributed by atoms with Crippen LogP contribution in [0.1, 0.15) is 24.7 Å². The molecule has 2 aliphatic rings. The third-order valence-corrected chi connectivity index (χ3v) is 9.53. The number of rotatable bonds is 3. The maximum atomic E-state index is 15.9. The van der Waals surface area contributed by atoms with Gasteiger partial charge in [-0.2, -0.15) is 4.98 Å². The molecule has 17 nitrogen and oxygen atoms in total. The number of nitrogens with two attached hydrogens (primary N) is 1. The number of aryl methyl sites for hydroxylation is 1. The van der Waals surface area contributed by atoms with Crippen LogP contribution in [0.3, 0.4) is 0 Å². The van der Waals surface area contributed by atoms with Gasteiger partial charge < -0.3 is 15.0 Å². The summed E-state index contributed by atoms with van der Waals surface area (Å²) in [6, 6.07) is 0. The first-order valence-electron chi connectivity index (χ1n) is 12.2. The third-order valence-electron chi connectivity index (χ3n) is 6.20. The summed E-state index contributed by atoms with van der Waals surface area (Å²) in [6.45, 7) is -2.78. The van der Waals surface area contributed by atoms with Crippen LogP contribution in [0.15, 0.2) is 21.1 Å². The fourth-order valence-electron chi connectivity index (χ4n) is 4.52. The molecule has 0 radical (unpaired) electrons. The molecule has 0 saturated carbocycles. The highest BCUT2D eigenvalue weighted by Crippen LogP contribution is 2.58. The number of H-pyrrole nitrogens is 1. The molecule has 0 aliphatic carbocycles. The SMILES string of the molecule is C=N/C=N\c1c(C)nc2n1C[C@H](C)OP(=O)(S)OC[C@H]1O[C@@H](n3cnc4c(=O)[nH]c(N)nc43)[C@H](OP(=O)(S)OC2)[C@@H]1F. The number of aromatic nitrogens is 6. The minimum absolute atomic E-state index is 0.0360. The molecule has 2 bridgehead atoms. The molecule has 5 rings (SSSR count). The Labute approximate surface area is 247 Å². The summed E-state index contributed by atoms with van der Waals surface area (Å²) in [5, 5.41) is 0. The summed E-state index contributed by atoms with van der Waals surface area (Å²) >= 11 is 8.10. The number of imidazole rings is 2. The van der Waals surface area contributed by atoms with Gasteiger partial charge in [0, 0.05) is 0 Å². The molecule has 5 heterocycles. The van der Waals surface area contributed by atoms with Crippen molar-refractivity contribution in [2.45, 2.75) is 57.7 Å².